The van der Waals surface area contributed by atoms with Gasteiger partial charge in [-0.2, -0.15) is 18.3 Å². The van der Waals surface area contributed by atoms with Crippen molar-refractivity contribution < 1.29 is 13.2 Å². The number of nitrogens with zero attached hydrogens (tertiary/aromatic N) is 3. The number of aryl methyl sites for hydroxylation is 1. The van der Waals surface area contributed by atoms with Crippen molar-refractivity contribution in [2.75, 3.05) is 0 Å². The van der Waals surface area contributed by atoms with Crippen LogP contribution < -0.4 is 0 Å². The van der Waals surface area contributed by atoms with E-state index in [0.717, 1.165) is 6.20 Å². The number of aromatic nitrogens is 3. The molecule has 0 aliphatic carbocycles. The van der Waals surface area contributed by atoms with E-state index in [1.54, 1.807) is 13.0 Å². The average Bonchev–Trinajstić information content (AvgIpc) is 2.45. The Balaban J connectivity index is 2.80. The van der Waals surface area contributed by atoms with Gasteiger partial charge in [0.05, 0.1) is 6.20 Å². The van der Waals surface area contributed by atoms with E-state index >= 15 is 0 Å². The molecule has 0 saturated carbocycles. The summed E-state index contributed by atoms with van der Waals surface area (Å²) >= 11 is 1.92. The van der Waals surface area contributed by atoms with Crippen LogP contribution in [0.25, 0.3) is 5.65 Å². The number of alkyl halides is 3. The zero-order valence-electron chi connectivity index (χ0n) is 7.51. The SMILES string of the molecule is Cc1cc(I)n2ncc(C(F)(F)F)c2n1. The third-order valence-electron chi connectivity index (χ3n) is 1.86. The normalized spacial score (nSPS) is 12.3. The molecule has 0 amide bonds. The zero-order chi connectivity index (χ0) is 11.2. The van der Waals surface area contributed by atoms with E-state index in [2.05, 4.69) is 10.1 Å². The zero-order valence-corrected chi connectivity index (χ0v) is 9.67. The summed E-state index contributed by atoms with van der Waals surface area (Å²) < 4.78 is 39.3. The predicted octanol–water partition coefficient (Wildman–Crippen LogP) is 2.66. The lowest BCUT2D eigenvalue weighted by atomic mass is 10.3. The highest BCUT2D eigenvalue weighted by Gasteiger charge is 2.35. The van der Waals surface area contributed by atoms with Crippen LogP contribution in [0.3, 0.4) is 0 Å². The molecular weight excluding hydrogens is 322 g/mol. The number of hydrogen-bond acceptors (Lipinski definition) is 2. The molecule has 2 aromatic heterocycles. The van der Waals surface area contributed by atoms with E-state index in [1.165, 1.54) is 4.52 Å². The minimum atomic E-state index is -4.41. The van der Waals surface area contributed by atoms with Gasteiger partial charge in [0.15, 0.2) is 5.65 Å². The van der Waals surface area contributed by atoms with Crippen molar-refractivity contribution in [1.29, 1.82) is 0 Å². The van der Waals surface area contributed by atoms with E-state index in [0.29, 0.717) is 9.39 Å². The molecule has 0 aliphatic rings. The molecule has 0 fully saturated rings. The molecule has 0 atom stereocenters. The molecule has 0 aromatic carbocycles. The minimum absolute atomic E-state index is 0.146. The summed E-state index contributed by atoms with van der Waals surface area (Å²) in [4.78, 5) is 3.84. The molecule has 3 nitrogen and oxygen atoms in total. The van der Waals surface area contributed by atoms with Crippen LogP contribution in [0.1, 0.15) is 11.3 Å². The fourth-order valence-corrected chi connectivity index (χ4v) is 2.04. The van der Waals surface area contributed by atoms with Gasteiger partial charge in [0, 0.05) is 5.69 Å². The quantitative estimate of drug-likeness (QED) is 0.550. The van der Waals surface area contributed by atoms with Gasteiger partial charge in [-0.3, -0.25) is 0 Å². The van der Waals surface area contributed by atoms with Crippen LogP contribution in [-0.4, -0.2) is 14.6 Å². The van der Waals surface area contributed by atoms with Crippen molar-refractivity contribution >= 4 is 28.2 Å². The minimum Gasteiger partial charge on any atom is -0.233 e. The van der Waals surface area contributed by atoms with E-state index in [4.69, 9.17) is 0 Å². The maximum Gasteiger partial charge on any atom is 0.421 e. The molecule has 0 radical (unpaired) electrons. The first kappa shape index (κ1) is 10.7. The molecule has 0 N–H and O–H groups in total. The Labute approximate surface area is 96.4 Å². The van der Waals surface area contributed by atoms with Crippen molar-refractivity contribution in [2.45, 2.75) is 13.1 Å². The molecule has 0 saturated heterocycles. The Hall–Kier alpha value is -0.860. The Morgan fingerprint density at radius 1 is 1.40 bits per heavy atom. The summed E-state index contributed by atoms with van der Waals surface area (Å²) in [6.45, 7) is 1.65. The highest BCUT2D eigenvalue weighted by molar-refractivity contribution is 14.1. The van der Waals surface area contributed by atoms with E-state index < -0.39 is 11.7 Å². The third kappa shape index (κ3) is 1.80. The van der Waals surface area contributed by atoms with E-state index in [1.807, 2.05) is 22.6 Å². The molecule has 0 unspecified atom stereocenters. The summed E-state index contributed by atoms with van der Waals surface area (Å²) in [6, 6.07) is 1.67. The van der Waals surface area contributed by atoms with Gasteiger partial charge in [0.25, 0.3) is 0 Å². The van der Waals surface area contributed by atoms with Crippen LogP contribution in [-0.2, 0) is 6.18 Å². The fourth-order valence-electron chi connectivity index (χ4n) is 1.24. The monoisotopic (exact) mass is 327 g/mol. The largest absolute Gasteiger partial charge is 0.421 e. The van der Waals surface area contributed by atoms with Crippen molar-refractivity contribution in [3.05, 3.63) is 27.2 Å². The highest BCUT2D eigenvalue weighted by Crippen LogP contribution is 2.32. The second kappa shape index (κ2) is 3.32. The molecule has 2 aromatic rings. The smallest absolute Gasteiger partial charge is 0.233 e. The van der Waals surface area contributed by atoms with Gasteiger partial charge in [0.2, 0.25) is 0 Å². The molecule has 0 bridgehead atoms. The fraction of sp³-hybridized carbons (Fsp3) is 0.250. The van der Waals surface area contributed by atoms with Gasteiger partial charge < -0.3 is 0 Å². The maximum absolute atomic E-state index is 12.5. The lowest BCUT2D eigenvalue weighted by molar-refractivity contribution is -0.136. The lowest BCUT2D eigenvalue weighted by Crippen LogP contribution is -2.06. The van der Waals surface area contributed by atoms with Crippen molar-refractivity contribution in [3.63, 3.8) is 0 Å². The standard InChI is InChI=1S/C8H5F3IN3/c1-4-2-6(12)15-7(14-4)5(3-13-15)8(9,10)11/h2-3H,1H3. The summed E-state index contributed by atoms with van der Waals surface area (Å²) in [6.07, 6.45) is -3.62. The van der Waals surface area contributed by atoms with Gasteiger partial charge in [-0.1, -0.05) is 0 Å². The molecule has 2 heterocycles. The first-order valence-electron chi connectivity index (χ1n) is 3.97. The number of hydrogen-bond donors (Lipinski definition) is 0. The van der Waals surface area contributed by atoms with Crippen molar-refractivity contribution in [2.24, 2.45) is 0 Å². The molecule has 80 valence electrons. The predicted molar refractivity (Wildman–Crippen MR) is 55.4 cm³/mol. The number of rotatable bonds is 0. The maximum atomic E-state index is 12.5. The molecular formula is C8H5F3IN3. The summed E-state index contributed by atoms with van der Waals surface area (Å²) in [5, 5.41) is 3.65. The number of fused-ring (bicyclic) bond motifs is 1. The second-order valence-corrected chi connectivity index (χ2v) is 4.12. The van der Waals surface area contributed by atoms with Gasteiger partial charge in [-0.25, -0.2) is 9.50 Å². The third-order valence-corrected chi connectivity index (χ3v) is 2.63. The summed E-state index contributed by atoms with van der Waals surface area (Å²) in [7, 11) is 0. The molecule has 0 aliphatic heterocycles. The lowest BCUT2D eigenvalue weighted by Gasteiger charge is -2.04. The Bertz CT molecular complexity index is 518. The van der Waals surface area contributed by atoms with Gasteiger partial charge in [0.1, 0.15) is 9.26 Å². The Morgan fingerprint density at radius 2 is 2.07 bits per heavy atom. The van der Waals surface area contributed by atoms with E-state index in [-0.39, 0.29) is 5.65 Å². The first-order valence-corrected chi connectivity index (χ1v) is 5.05. The first-order chi connectivity index (χ1) is 6.89. The topological polar surface area (TPSA) is 30.2 Å². The van der Waals surface area contributed by atoms with Crippen LogP contribution in [0.4, 0.5) is 13.2 Å². The van der Waals surface area contributed by atoms with Crippen molar-refractivity contribution in [1.82, 2.24) is 14.6 Å². The Morgan fingerprint density at radius 3 is 2.67 bits per heavy atom. The summed E-state index contributed by atoms with van der Waals surface area (Å²) in [5.41, 5.74) is -0.408. The van der Waals surface area contributed by atoms with Crippen LogP contribution in [0, 0.1) is 10.6 Å². The molecule has 0 spiro atoms. The molecule has 2 rings (SSSR count). The summed E-state index contributed by atoms with van der Waals surface area (Å²) in [5.74, 6) is 0. The van der Waals surface area contributed by atoms with Crippen LogP contribution in [0.5, 0.6) is 0 Å². The van der Waals surface area contributed by atoms with Crippen LogP contribution in [0.2, 0.25) is 0 Å². The number of halogens is 4. The van der Waals surface area contributed by atoms with Crippen LogP contribution in [0.15, 0.2) is 12.3 Å². The van der Waals surface area contributed by atoms with Gasteiger partial charge in [-0.15, -0.1) is 0 Å². The molecule has 7 heteroatoms. The molecule has 15 heavy (non-hydrogen) atoms. The van der Waals surface area contributed by atoms with Gasteiger partial charge >= 0.3 is 6.18 Å². The highest BCUT2D eigenvalue weighted by atomic mass is 127. The Kier molecular flexibility index (Phi) is 2.36. The van der Waals surface area contributed by atoms with Crippen LogP contribution >= 0.6 is 22.6 Å². The average molecular weight is 327 g/mol. The second-order valence-electron chi connectivity index (χ2n) is 3.01. The van der Waals surface area contributed by atoms with Gasteiger partial charge in [-0.05, 0) is 35.6 Å². The van der Waals surface area contributed by atoms with E-state index in [9.17, 15) is 13.2 Å². The van der Waals surface area contributed by atoms with Crippen molar-refractivity contribution in [3.8, 4) is 0 Å².